The number of hydrogen-bond acceptors (Lipinski definition) is 6. The molecule has 0 saturated carbocycles. The van der Waals surface area contributed by atoms with Gasteiger partial charge in [-0.15, -0.1) is 15.3 Å². The first kappa shape index (κ1) is 13.5. The van der Waals surface area contributed by atoms with Gasteiger partial charge in [0.15, 0.2) is 5.82 Å². The van der Waals surface area contributed by atoms with Crippen molar-refractivity contribution in [3.63, 3.8) is 0 Å². The van der Waals surface area contributed by atoms with E-state index in [0.29, 0.717) is 24.1 Å². The van der Waals surface area contributed by atoms with E-state index in [0.717, 1.165) is 5.69 Å². The molecule has 0 saturated heterocycles. The SMILES string of the molecule is CC(C)c1c(N)nnn1Cc1nnc(C(C)(C)C)o1. The van der Waals surface area contributed by atoms with Crippen molar-refractivity contribution < 1.29 is 4.42 Å². The molecule has 104 valence electrons. The van der Waals surface area contributed by atoms with Crippen LogP contribution < -0.4 is 5.73 Å². The molecule has 0 fully saturated rings. The van der Waals surface area contributed by atoms with E-state index < -0.39 is 0 Å². The van der Waals surface area contributed by atoms with E-state index in [1.807, 2.05) is 34.6 Å². The van der Waals surface area contributed by atoms with Crippen LogP contribution in [-0.2, 0) is 12.0 Å². The minimum absolute atomic E-state index is 0.159. The van der Waals surface area contributed by atoms with Crippen LogP contribution in [0.5, 0.6) is 0 Å². The van der Waals surface area contributed by atoms with Gasteiger partial charge in [-0.1, -0.05) is 39.8 Å². The van der Waals surface area contributed by atoms with Gasteiger partial charge in [0.05, 0.1) is 5.69 Å². The molecule has 0 aliphatic rings. The Balaban J connectivity index is 2.25. The molecule has 2 aromatic heterocycles. The highest BCUT2D eigenvalue weighted by molar-refractivity contribution is 5.35. The largest absolute Gasteiger partial charge is 0.423 e. The molecule has 0 spiro atoms. The second-order valence-corrected chi connectivity index (χ2v) is 5.92. The zero-order valence-electron chi connectivity index (χ0n) is 12.0. The van der Waals surface area contributed by atoms with Crippen LogP contribution in [0.25, 0.3) is 0 Å². The van der Waals surface area contributed by atoms with Crippen LogP contribution in [0.3, 0.4) is 0 Å². The fourth-order valence-corrected chi connectivity index (χ4v) is 1.79. The molecule has 2 rings (SSSR count). The van der Waals surface area contributed by atoms with Gasteiger partial charge in [0.2, 0.25) is 11.8 Å². The second-order valence-electron chi connectivity index (χ2n) is 5.92. The van der Waals surface area contributed by atoms with E-state index >= 15 is 0 Å². The Labute approximate surface area is 112 Å². The molecule has 7 heteroatoms. The van der Waals surface area contributed by atoms with E-state index in [1.165, 1.54) is 0 Å². The number of rotatable bonds is 3. The number of anilines is 1. The summed E-state index contributed by atoms with van der Waals surface area (Å²) in [4.78, 5) is 0. The van der Waals surface area contributed by atoms with Crippen molar-refractivity contribution in [1.29, 1.82) is 0 Å². The molecule has 2 aromatic rings. The zero-order valence-corrected chi connectivity index (χ0v) is 12.0. The summed E-state index contributed by atoms with van der Waals surface area (Å²) in [5.74, 6) is 1.81. The van der Waals surface area contributed by atoms with Gasteiger partial charge in [-0.25, -0.2) is 4.68 Å². The first-order chi connectivity index (χ1) is 8.79. The smallest absolute Gasteiger partial charge is 0.238 e. The highest BCUT2D eigenvalue weighted by Gasteiger charge is 2.22. The monoisotopic (exact) mass is 264 g/mol. The predicted octanol–water partition coefficient (Wildman–Crippen LogP) is 1.71. The van der Waals surface area contributed by atoms with Crippen LogP contribution >= 0.6 is 0 Å². The fraction of sp³-hybridized carbons (Fsp3) is 0.667. The van der Waals surface area contributed by atoms with E-state index in [2.05, 4.69) is 20.5 Å². The van der Waals surface area contributed by atoms with Crippen molar-refractivity contribution in [3.05, 3.63) is 17.5 Å². The van der Waals surface area contributed by atoms with Gasteiger partial charge in [0.1, 0.15) is 6.54 Å². The molecule has 0 aliphatic heterocycles. The van der Waals surface area contributed by atoms with Gasteiger partial charge in [0, 0.05) is 5.41 Å². The molecule has 7 nitrogen and oxygen atoms in total. The minimum Gasteiger partial charge on any atom is -0.423 e. The van der Waals surface area contributed by atoms with Crippen molar-refractivity contribution in [2.24, 2.45) is 0 Å². The number of nitrogens with two attached hydrogens (primary N) is 1. The molecule has 19 heavy (non-hydrogen) atoms. The summed E-state index contributed by atoms with van der Waals surface area (Å²) in [6, 6.07) is 0. The van der Waals surface area contributed by atoms with Gasteiger partial charge in [0.25, 0.3) is 0 Å². The Morgan fingerprint density at radius 1 is 1.21 bits per heavy atom. The lowest BCUT2D eigenvalue weighted by atomic mass is 9.97. The van der Waals surface area contributed by atoms with Crippen LogP contribution in [0.15, 0.2) is 4.42 Å². The third-order valence-corrected chi connectivity index (χ3v) is 2.74. The van der Waals surface area contributed by atoms with E-state index in [1.54, 1.807) is 4.68 Å². The molecular weight excluding hydrogens is 244 g/mol. The summed E-state index contributed by atoms with van der Waals surface area (Å²) < 4.78 is 7.35. The number of hydrogen-bond donors (Lipinski definition) is 1. The van der Waals surface area contributed by atoms with Gasteiger partial charge < -0.3 is 10.2 Å². The lowest BCUT2D eigenvalue weighted by Crippen LogP contribution is -2.11. The summed E-state index contributed by atoms with van der Waals surface area (Å²) in [6.07, 6.45) is 0. The summed E-state index contributed by atoms with van der Waals surface area (Å²) in [5, 5.41) is 16.0. The van der Waals surface area contributed by atoms with Crippen LogP contribution in [0.1, 0.15) is 58.0 Å². The number of aromatic nitrogens is 5. The van der Waals surface area contributed by atoms with Crippen LogP contribution in [-0.4, -0.2) is 25.2 Å². The van der Waals surface area contributed by atoms with Crippen LogP contribution in [0.4, 0.5) is 5.82 Å². The van der Waals surface area contributed by atoms with Gasteiger partial charge in [-0.05, 0) is 5.92 Å². The van der Waals surface area contributed by atoms with E-state index in [-0.39, 0.29) is 11.3 Å². The van der Waals surface area contributed by atoms with Gasteiger partial charge in [-0.2, -0.15) is 0 Å². The average molecular weight is 264 g/mol. The molecular formula is C12H20N6O. The summed E-state index contributed by atoms with van der Waals surface area (Å²) in [7, 11) is 0. The van der Waals surface area contributed by atoms with Crippen molar-refractivity contribution >= 4 is 5.82 Å². The lowest BCUT2D eigenvalue weighted by Gasteiger charge is -2.11. The lowest BCUT2D eigenvalue weighted by molar-refractivity contribution is 0.360. The Hall–Kier alpha value is -1.92. The van der Waals surface area contributed by atoms with E-state index in [4.69, 9.17) is 10.2 Å². The molecule has 0 bridgehead atoms. The van der Waals surface area contributed by atoms with Crippen LogP contribution in [0.2, 0.25) is 0 Å². The molecule has 0 amide bonds. The average Bonchev–Trinajstić information content (AvgIpc) is 2.85. The first-order valence-electron chi connectivity index (χ1n) is 6.30. The third-order valence-electron chi connectivity index (χ3n) is 2.74. The number of nitrogen functional groups attached to an aromatic ring is 1. The summed E-state index contributed by atoms with van der Waals surface area (Å²) >= 11 is 0. The maximum Gasteiger partial charge on any atom is 0.238 e. The fourth-order valence-electron chi connectivity index (χ4n) is 1.79. The molecule has 0 aromatic carbocycles. The third kappa shape index (κ3) is 2.74. The Kier molecular flexibility index (Phi) is 3.30. The quantitative estimate of drug-likeness (QED) is 0.906. The van der Waals surface area contributed by atoms with Crippen molar-refractivity contribution in [3.8, 4) is 0 Å². The maximum atomic E-state index is 5.81. The minimum atomic E-state index is -0.159. The Morgan fingerprint density at radius 2 is 1.89 bits per heavy atom. The van der Waals surface area contributed by atoms with Crippen molar-refractivity contribution in [1.82, 2.24) is 25.2 Å². The molecule has 0 atom stereocenters. The standard InChI is InChI=1S/C12H20N6O/c1-7(2)9-10(13)15-17-18(9)6-8-14-16-11(19-8)12(3,4)5/h7H,6,13H2,1-5H3. The van der Waals surface area contributed by atoms with Crippen molar-refractivity contribution in [2.45, 2.75) is 52.5 Å². The predicted molar refractivity (Wildman–Crippen MR) is 70.6 cm³/mol. The first-order valence-corrected chi connectivity index (χ1v) is 6.30. The Bertz CT molecular complexity index is 563. The normalized spacial score (nSPS) is 12.3. The summed E-state index contributed by atoms with van der Waals surface area (Å²) in [5.41, 5.74) is 6.53. The highest BCUT2D eigenvalue weighted by Crippen LogP contribution is 2.22. The molecule has 0 aliphatic carbocycles. The van der Waals surface area contributed by atoms with Crippen LogP contribution in [0, 0.1) is 0 Å². The zero-order chi connectivity index (χ0) is 14.2. The number of nitrogens with zero attached hydrogens (tertiary/aromatic N) is 5. The molecule has 2 heterocycles. The van der Waals surface area contributed by atoms with E-state index in [9.17, 15) is 0 Å². The van der Waals surface area contributed by atoms with Gasteiger partial charge >= 0.3 is 0 Å². The summed E-state index contributed by atoms with van der Waals surface area (Å²) in [6.45, 7) is 10.5. The van der Waals surface area contributed by atoms with Gasteiger partial charge in [-0.3, -0.25) is 0 Å². The topological polar surface area (TPSA) is 95.7 Å². The molecule has 0 radical (unpaired) electrons. The highest BCUT2D eigenvalue weighted by atomic mass is 16.4. The molecule has 0 unspecified atom stereocenters. The Morgan fingerprint density at radius 3 is 2.42 bits per heavy atom. The van der Waals surface area contributed by atoms with Crippen molar-refractivity contribution in [2.75, 3.05) is 5.73 Å². The second kappa shape index (κ2) is 4.64. The maximum absolute atomic E-state index is 5.81. The molecule has 2 N–H and O–H groups in total.